The number of aliphatic carboxylic acids is 1. The summed E-state index contributed by atoms with van der Waals surface area (Å²) in [7, 11) is 0. The van der Waals surface area contributed by atoms with E-state index in [0.29, 0.717) is 36.0 Å². The molecule has 0 spiro atoms. The zero-order valence-electron chi connectivity index (χ0n) is 31.5. The largest absolute Gasteiger partial charge is 0.481 e. The van der Waals surface area contributed by atoms with Crippen LogP contribution in [0.25, 0.3) is 0 Å². The number of carbonyl (C=O) groups is 3. The lowest BCUT2D eigenvalue weighted by Gasteiger charge is -2.73. The van der Waals surface area contributed by atoms with E-state index in [1.807, 2.05) is 13.8 Å². The lowest BCUT2D eigenvalue weighted by atomic mass is 9.32. The van der Waals surface area contributed by atoms with Crippen molar-refractivity contribution in [2.24, 2.45) is 62.1 Å². The van der Waals surface area contributed by atoms with E-state index in [0.717, 1.165) is 32.1 Å². The summed E-state index contributed by atoms with van der Waals surface area (Å²) in [5, 5.41) is 12.6. The number of carbonyl (C=O) groups excluding carboxylic acids is 2. The van der Waals surface area contributed by atoms with Crippen LogP contribution < -0.4 is 5.32 Å². The third kappa shape index (κ3) is 6.02. The SMILES string of the molecule is C=C(C)C1CC[C@]2(CC(=O)NC(C)C)CC[C@]3(C)[C@H](CCC4[C@@]5(C)CCC(OC(=O)CC(C)(C)CC(=O)O)C(C)(C)C5CC[C@]43C)C12. The molecule has 6 heteroatoms. The van der Waals surface area contributed by atoms with Gasteiger partial charge in [0, 0.05) is 17.9 Å². The molecule has 5 rings (SSSR count). The first kappa shape index (κ1) is 36.4. The van der Waals surface area contributed by atoms with Gasteiger partial charge in [-0.25, -0.2) is 0 Å². The molecule has 1 amide bonds. The molecule has 5 fully saturated rings. The van der Waals surface area contributed by atoms with Crippen LogP contribution in [-0.2, 0) is 19.1 Å². The van der Waals surface area contributed by atoms with Gasteiger partial charge in [0.05, 0.1) is 12.8 Å². The maximum Gasteiger partial charge on any atom is 0.306 e. The summed E-state index contributed by atoms with van der Waals surface area (Å²) in [5.41, 5.74) is 1.22. The molecule has 0 aromatic rings. The van der Waals surface area contributed by atoms with Gasteiger partial charge < -0.3 is 15.2 Å². The van der Waals surface area contributed by atoms with Gasteiger partial charge in [-0.3, -0.25) is 14.4 Å². The van der Waals surface area contributed by atoms with E-state index < -0.39 is 11.4 Å². The van der Waals surface area contributed by atoms with Gasteiger partial charge in [0.1, 0.15) is 6.10 Å². The number of hydrogen-bond donors (Lipinski definition) is 2. The number of ether oxygens (including phenoxy) is 1. The predicted molar refractivity (Wildman–Crippen MR) is 187 cm³/mol. The molecule has 0 radical (unpaired) electrons. The minimum atomic E-state index is -0.881. The summed E-state index contributed by atoms with van der Waals surface area (Å²) >= 11 is 0. The Balaban J connectivity index is 1.39. The highest BCUT2D eigenvalue weighted by molar-refractivity contribution is 5.77. The molecule has 5 saturated carbocycles. The van der Waals surface area contributed by atoms with E-state index in [1.165, 1.54) is 37.7 Å². The van der Waals surface area contributed by atoms with Crippen LogP contribution in [0.3, 0.4) is 0 Å². The first-order valence-corrected chi connectivity index (χ1v) is 19.0. The van der Waals surface area contributed by atoms with Crippen molar-refractivity contribution in [1.29, 1.82) is 0 Å². The van der Waals surface area contributed by atoms with Crippen LogP contribution in [-0.4, -0.2) is 35.1 Å². The minimum Gasteiger partial charge on any atom is -0.481 e. The fraction of sp³-hybridized carbons (Fsp3) is 0.878. The Morgan fingerprint density at radius 1 is 0.872 bits per heavy atom. The van der Waals surface area contributed by atoms with E-state index in [1.54, 1.807) is 0 Å². The first-order chi connectivity index (χ1) is 21.6. The summed E-state index contributed by atoms with van der Waals surface area (Å²) in [6.07, 6.45) is 12.0. The zero-order chi connectivity index (χ0) is 35.0. The maximum absolute atomic E-state index is 13.3. The molecule has 0 saturated heterocycles. The fourth-order valence-electron chi connectivity index (χ4n) is 13.5. The summed E-state index contributed by atoms with van der Waals surface area (Å²) in [6, 6.07) is 0.168. The molecule has 6 nitrogen and oxygen atoms in total. The molecule has 2 N–H and O–H groups in total. The molecule has 0 bridgehead atoms. The highest BCUT2D eigenvalue weighted by Crippen LogP contribution is 2.78. The van der Waals surface area contributed by atoms with Crippen molar-refractivity contribution in [3.8, 4) is 0 Å². The van der Waals surface area contributed by atoms with E-state index in [-0.39, 0.29) is 63.9 Å². The van der Waals surface area contributed by atoms with Crippen molar-refractivity contribution in [1.82, 2.24) is 5.32 Å². The average molecular weight is 654 g/mol. The number of esters is 1. The van der Waals surface area contributed by atoms with Gasteiger partial charge in [0.25, 0.3) is 0 Å². The Bertz CT molecular complexity index is 1270. The van der Waals surface area contributed by atoms with E-state index in [4.69, 9.17) is 4.74 Å². The van der Waals surface area contributed by atoms with Crippen LogP contribution in [0.1, 0.15) is 153 Å². The molecule has 0 aromatic carbocycles. The van der Waals surface area contributed by atoms with Crippen molar-refractivity contribution in [3.63, 3.8) is 0 Å². The average Bonchev–Trinajstić information content (AvgIpc) is 3.28. The third-order valence-corrected chi connectivity index (χ3v) is 15.7. The van der Waals surface area contributed by atoms with Gasteiger partial charge in [-0.05, 0) is 142 Å². The van der Waals surface area contributed by atoms with Crippen LogP contribution in [0.15, 0.2) is 12.2 Å². The highest BCUT2D eigenvalue weighted by atomic mass is 16.5. The van der Waals surface area contributed by atoms with Gasteiger partial charge in [-0.1, -0.05) is 60.6 Å². The monoisotopic (exact) mass is 654 g/mol. The van der Waals surface area contributed by atoms with Gasteiger partial charge in [0.2, 0.25) is 5.91 Å². The summed E-state index contributed by atoms with van der Waals surface area (Å²) in [4.78, 5) is 37.9. The molecular weight excluding hydrogens is 586 g/mol. The van der Waals surface area contributed by atoms with Gasteiger partial charge >= 0.3 is 11.9 Å². The molecule has 5 aliphatic carbocycles. The third-order valence-electron chi connectivity index (χ3n) is 15.7. The Morgan fingerprint density at radius 3 is 2.17 bits per heavy atom. The number of carboxylic acid groups (broad SMARTS) is 1. The van der Waals surface area contributed by atoms with Gasteiger partial charge in [-0.15, -0.1) is 0 Å². The molecule has 5 aliphatic rings. The molecule has 266 valence electrons. The van der Waals surface area contributed by atoms with Crippen LogP contribution in [0.4, 0.5) is 0 Å². The smallest absolute Gasteiger partial charge is 0.306 e. The van der Waals surface area contributed by atoms with Crippen LogP contribution in [0.5, 0.6) is 0 Å². The first-order valence-electron chi connectivity index (χ1n) is 19.0. The number of allylic oxidation sites excluding steroid dienone is 1. The molecule has 0 aliphatic heterocycles. The molecule has 0 aromatic heterocycles. The number of rotatable bonds is 9. The highest BCUT2D eigenvalue weighted by Gasteiger charge is 2.71. The van der Waals surface area contributed by atoms with Crippen molar-refractivity contribution in [2.45, 2.75) is 165 Å². The summed E-state index contributed by atoms with van der Waals surface area (Å²) in [5.74, 6) is 1.80. The Kier molecular flexibility index (Phi) is 9.44. The molecule has 10 atom stereocenters. The van der Waals surface area contributed by atoms with Crippen molar-refractivity contribution in [2.75, 3.05) is 0 Å². The number of hydrogen-bond acceptors (Lipinski definition) is 4. The van der Waals surface area contributed by atoms with E-state index in [9.17, 15) is 19.5 Å². The number of fused-ring (bicyclic) bond motifs is 7. The Hall–Kier alpha value is -1.85. The number of amides is 1. The van der Waals surface area contributed by atoms with Crippen LogP contribution in [0, 0.1) is 62.1 Å². The van der Waals surface area contributed by atoms with Crippen LogP contribution in [0.2, 0.25) is 0 Å². The topological polar surface area (TPSA) is 92.7 Å². The molecular formula is C41H67NO5. The summed E-state index contributed by atoms with van der Waals surface area (Å²) < 4.78 is 6.26. The fourth-order valence-corrected chi connectivity index (χ4v) is 13.5. The second-order valence-corrected chi connectivity index (χ2v) is 19.7. The molecule has 47 heavy (non-hydrogen) atoms. The minimum absolute atomic E-state index is 0.0445. The van der Waals surface area contributed by atoms with Crippen molar-refractivity contribution < 1.29 is 24.2 Å². The predicted octanol–water partition coefficient (Wildman–Crippen LogP) is 9.36. The zero-order valence-corrected chi connectivity index (χ0v) is 31.5. The van der Waals surface area contributed by atoms with Crippen LogP contribution >= 0.6 is 0 Å². The Labute approximate surface area is 286 Å². The van der Waals surface area contributed by atoms with Gasteiger partial charge in [-0.2, -0.15) is 0 Å². The Morgan fingerprint density at radius 2 is 1.55 bits per heavy atom. The van der Waals surface area contributed by atoms with Crippen molar-refractivity contribution in [3.05, 3.63) is 12.2 Å². The lowest BCUT2D eigenvalue weighted by Crippen LogP contribution is -2.67. The number of carboxylic acids is 1. The molecule has 5 unspecified atom stereocenters. The second kappa shape index (κ2) is 12.2. The van der Waals surface area contributed by atoms with E-state index in [2.05, 4.69) is 67.3 Å². The standard InChI is InChI=1S/C41H67NO5/c1-25(2)27-14-19-41(22-32(43)42-26(3)4)21-20-39(10)28(35(27)41)12-13-30-38(9)17-16-31(37(7,8)29(38)15-18-40(30,39)11)47-34(46)24-36(5,6)23-33(44)45/h26-31,35H,1,12-24H2,2-11H3,(H,42,43)(H,44,45)/t27?,28-,29?,30?,31?,35?,38+,39-,40-,41-/m1/s1. The number of nitrogens with one attached hydrogen (secondary N) is 1. The summed E-state index contributed by atoms with van der Waals surface area (Å²) in [6.45, 7) is 27.1. The van der Waals surface area contributed by atoms with E-state index >= 15 is 0 Å². The lowest BCUT2D eigenvalue weighted by molar-refractivity contribution is -0.250. The quantitative estimate of drug-likeness (QED) is 0.191. The van der Waals surface area contributed by atoms with Gasteiger partial charge in [0.15, 0.2) is 0 Å². The second-order valence-electron chi connectivity index (χ2n) is 19.7. The molecule has 0 heterocycles. The van der Waals surface area contributed by atoms with Crippen molar-refractivity contribution >= 4 is 17.8 Å². The maximum atomic E-state index is 13.3. The normalized spacial score (nSPS) is 42.4.